The topological polar surface area (TPSA) is 50.2 Å². The Morgan fingerprint density at radius 3 is 2.65 bits per heavy atom. The van der Waals surface area contributed by atoms with Gasteiger partial charge in [-0.1, -0.05) is 64.6 Å². The highest BCUT2D eigenvalue weighted by Gasteiger charge is 2.27. The van der Waals surface area contributed by atoms with Crippen molar-refractivity contribution in [3.63, 3.8) is 0 Å². The lowest BCUT2D eigenvalue weighted by molar-refractivity contribution is 0.240. The van der Waals surface area contributed by atoms with Gasteiger partial charge in [-0.05, 0) is 53.1 Å². The molecular weight excluding hydrogens is 557 g/mol. The lowest BCUT2D eigenvalue weighted by atomic mass is 10.0. The summed E-state index contributed by atoms with van der Waals surface area (Å²) < 4.78 is 15.4. The Kier molecular flexibility index (Phi) is 7.75. The lowest BCUT2D eigenvalue weighted by Gasteiger charge is -2.27. The molecule has 3 heterocycles. The Bertz CT molecular complexity index is 1530. The summed E-state index contributed by atoms with van der Waals surface area (Å²) >= 11 is 24.4. The molecule has 10 heteroatoms. The summed E-state index contributed by atoms with van der Waals surface area (Å²) in [5.74, 6) is -0.444. The first kappa shape index (κ1) is 26.0. The van der Waals surface area contributed by atoms with Gasteiger partial charge in [0, 0.05) is 49.9 Å². The van der Waals surface area contributed by atoms with Crippen LogP contribution in [0.5, 0.6) is 0 Å². The van der Waals surface area contributed by atoms with Gasteiger partial charge in [0.15, 0.2) is 0 Å². The van der Waals surface area contributed by atoms with Crippen molar-refractivity contribution in [1.29, 1.82) is 0 Å². The van der Waals surface area contributed by atoms with Gasteiger partial charge < -0.3 is 5.32 Å². The van der Waals surface area contributed by atoms with Crippen LogP contribution in [0.4, 0.5) is 9.18 Å². The Morgan fingerprint density at radius 2 is 1.86 bits per heavy atom. The number of hydrogen-bond donors (Lipinski definition) is 1. The minimum Gasteiger partial charge on any atom is -0.333 e. The van der Waals surface area contributed by atoms with Crippen molar-refractivity contribution in [2.24, 2.45) is 0 Å². The van der Waals surface area contributed by atoms with Crippen molar-refractivity contribution in [3.05, 3.63) is 103 Å². The van der Waals surface area contributed by atoms with Crippen LogP contribution in [0.2, 0.25) is 20.2 Å². The van der Waals surface area contributed by atoms with Gasteiger partial charge in [0.05, 0.1) is 20.6 Å². The van der Waals surface area contributed by atoms with Gasteiger partial charge in [-0.15, -0.1) is 0 Å². The molecule has 0 atom stereocenters. The zero-order chi connectivity index (χ0) is 26.1. The number of nitrogens with zero attached hydrogens (tertiary/aromatic N) is 3. The molecule has 0 aliphatic carbocycles. The van der Waals surface area contributed by atoms with Gasteiger partial charge in [-0.25, -0.2) is 14.2 Å². The molecule has 1 amide bonds. The van der Waals surface area contributed by atoms with Crippen molar-refractivity contribution < 1.29 is 9.18 Å². The summed E-state index contributed by atoms with van der Waals surface area (Å²) in [6.07, 6.45) is 6.12. The second-order valence-electron chi connectivity index (χ2n) is 8.75. The Labute approximate surface area is 233 Å². The molecule has 2 aromatic carbocycles. The molecular formula is C27H21Cl4FN4O. The van der Waals surface area contributed by atoms with E-state index in [2.05, 4.69) is 15.2 Å². The summed E-state index contributed by atoms with van der Waals surface area (Å²) in [7, 11) is 0. The zero-order valence-electron chi connectivity index (χ0n) is 19.4. The second kappa shape index (κ2) is 11.0. The normalized spacial score (nSPS) is 13.9. The van der Waals surface area contributed by atoms with E-state index in [0.717, 1.165) is 34.3 Å². The van der Waals surface area contributed by atoms with Crippen LogP contribution in [-0.4, -0.2) is 33.6 Å². The molecule has 1 N–H and O–H groups in total. The quantitative estimate of drug-likeness (QED) is 0.248. The van der Waals surface area contributed by atoms with E-state index in [1.54, 1.807) is 41.1 Å². The number of fused-ring (bicyclic) bond motifs is 3. The van der Waals surface area contributed by atoms with E-state index in [4.69, 9.17) is 46.4 Å². The van der Waals surface area contributed by atoms with Gasteiger partial charge in [-0.2, -0.15) is 0 Å². The first-order valence-electron chi connectivity index (χ1n) is 11.5. The molecule has 0 radical (unpaired) electrons. The van der Waals surface area contributed by atoms with Crippen LogP contribution >= 0.6 is 46.4 Å². The minimum absolute atomic E-state index is 0.101. The third-order valence-corrected chi connectivity index (χ3v) is 7.56. The van der Waals surface area contributed by atoms with E-state index in [9.17, 15) is 9.18 Å². The van der Waals surface area contributed by atoms with Crippen molar-refractivity contribution in [2.45, 2.75) is 19.5 Å². The maximum atomic E-state index is 13.7. The fourth-order valence-corrected chi connectivity index (χ4v) is 5.19. The molecule has 1 aliphatic rings. The SMILES string of the molecule is O=C(NCc1ccnc(Cl)c1)n1c2c(c3cc(Cl)c(Cl)cc31)CN(C/C=C/c1ccc(Cl)c(F)c1)CC2. The number of aromatic nitrogens is 2. The number of amides is 1. The maximum Gasteiger partial charge on any atom is 0.326 e. The van der Waals surface area contributed by atoms with Crippen molar-refractivity contribution in [1.82, 2.24) is 19.8 Å². The number of carbonyl (C=O) groups excluding carboxylic acids is 1. The summed E-state index contributed by atoms with van der Waals surface area (Å²) in [5.41, 5.74) is 4.26. The molecule has 0 fully saturated rings. The van der Waals surface area contributed by atoms with Crippen LogP contribution in [0.1, 0.15) is 22.4 Å². The number of pyridine rings is 1. The van der Waals surface area contributed by atoms with E-state index >= 15 is 0 Å². The predicted octanol–water partition coefficient (Wildman–Crippen LogP) is 7.62. The highest BCUT2D eigenvalue weighted by molar-refractivity contribution is 6.42. The van der Waals surface area contributed by atoms with Gasteiger partial charge >= 0.3 is 6.03 Å². The van der Waals surface area contributed by atoms with Crippen molar-refractivity contribution in [3.8, 4) is 0 Å². The van der Waals surface area contributed by atoms with Crippen molar-refractivity contribution >= 4 is 69.4 Å². The molecule has 2 aromatic heterocycles. The number of rotatable bonds is 5. The number of carbonyl (C=O) groups is 1. The van der Waals surface area contributed by atoms with E-state index in [1.165, 1.54) is 6.07 Å². The number of hydrogen-bond acceptors (Lipinski definition) is 3. The summed E-state index contributed by atoms with van der Waals surface area (Å²) in [6, 6.07) is 11.5. The molecule has 0 bridgehead atoms. The van der Waals surface area contributed by atoms with E-state index in [0.29, 0.717) is 46.8 Å². The molecule has 1 aliphatic heterocycles. The largest absolute Gasteiger partial charge is 0.333 e. The summed E-state index contributed by atoms with van der Waals surface area (Å²) in [5, 5.41) is 5.15. The van der Waals surface area contributed by atoms with Crippen LogP contribution in [-0.2, 0) is 19.5 Å². The van der Waals surface area contributed by atoms with Crippen LogP contribution in [0.25, 0.3) is 17.0 Å². The molecule has 190 valence electrons. The fraction of sp³-hybridized carbons (Fsp3) is 0.185. The average Bonchev–Trinajstić information content (AvgIpc) is 3.17. The smallest absolute Gasteiger partial charge is 0.326 e. The molecule has 37 heavy (non-hydrogen) atoms. The highest BCUT2D eigenvalue weighted by Crippen LogP contribution is 2.36. The van der Waals surface area contributed by atoms with Gasteiger partial charge in [-0.3, -0.25) is 9.47 Å². The molecule has 5 nitrogen and oxygen atoms in total. The molecule has 0 unspecified atom stereocenters. The van der Waals surface area contributed by atoms with Crippen LogP contribution in [0.15, 0.2) is 54.7 Å². The van der Waals surface area contributed by atoms with E-state index < -0.39 is 5.82 Å². The lowest BCUT2D eigenvalue weighted by Crippen LogP contribution is -2.34. The molecule has 0 spiro atoms. The first-order chi connectivity index (χ1) is 17.8. The standard InChI is InChI=1S/C27H21Cl4FN4O/c28-20-4-3-16(10-23(20)32)2-1-8-35-9-6-24-19(15-35)18-12-21(29)22(30)13-25(18)36(24)27(37)34-14-17-5-7-33-26(31)11-17/h1-5,7,10-13H,6,8-9,14-15H2,(H,34,37)/b2-1+. The summed E-state index contributed by atoms with van der Waals surface area (Å²) in [6.45, 7) is 2.34. The third kappa shape index (κ3) is 5.64. The first-order valence-corrected chi connectivity index (χ1v) is 13.0. The van der Waals surface area contributed by atoms with Gasteiger partial charge in [0.25, 0.3) is 0 Å². The van der Waals surface area contributed by atoms with E-state index in [1.807, 2.05) is 18.2 Å². The Balaban J connectivity index is 1.39. The Morgan fingerprint density at radius 1 is 1.05 bits per heavy atom. The predicted molar refractivity (Wildman–Crippen MR) is 148 cm³/mol. The van der Waals surface area contributed by atoms with Crippen LogP contribution < -0.4 is 5.32 Å². The van der Waals surface area contributed by atoms with E-state index in [-0.39, 0.29) is 11.1 Å². The third-order valence-electron chi connectivity index (χ3n) is 6.32. The molecule has 4 aromatic rings. The summed E-state index contributed by atoms with van der Waals surface area (Å²) in [4.78, 5) is 19.6. The molecule has 5 rings (SSSR count). The monoisotopic (exact) mass is 576 g/mol. The second-order valence-corrected chi connectivity index (χ2v) is 10.4. The Hall–Kier alpha value is -2.61. The van der Waals surface area contributed by atoms with Crippen LogP contribution in [0.3, 0.4) is 0 Å². The number of benzene rings is 2. The molecule has 0 saturated heterocycles. The van der Waals surface area contributed by atoms with Crippen molar-refractivity contribution in [2.75, 3.05) is 13.1 Å². The number of nitrogens with one attached hydrogen (secondary N) is 1. The van der Waals surface area contributed by atoms with Gasteiger partial charge in [0.2, 0.25) is 0 Å². The average molecular weight is 578 g/mol. The fourth-order valence-electron chi connectivity index (χ4n) is 4.56. The zero-order valence-corrected chi connectivity index (χ0v) is 22.5. The number of halogens is 5. The maximum absolute atomic E-state index is 13.7. The molecule has 0 saturated carbocycles. The van der Waals surface area contributed by atoms with Gasteiger partial charge in [0.1, 0.15) is 11.0 Å². The highest BCUT2D eigenvalue weighted by atomic mass is 35.5. The minimum atomic E-state index is -0.444. The van der Waals surface area contributed by atoms with Crippen LogP contribution in [0, 0.1) is 5.82 Å².